The first-order valence-corrected chi connectivity index (χ1v) is 8.17. The molecule has 8 heteroatoms. The minimum Gasteiger partial charge on any atom is -0.357 e. The maximum Gasteiger partial charge on any atom is 0.389 e. The summed E-state index contributed by atoms with van der Waals surface area (Å²) in [6.45, 7) is 5.63. The summed E-state index contributed by atoms with van der Waals surface area (Å²) in [4.78, 5) is 10.7. The Labute approximate surface area is 133 Å². The maximum atomic E-state index is 12.1. The van der Waals surface area contributed by atoms with Gasteiger partial charge in [-0.3, -0.25) is 4.99 Å². The number of guanidine groups is 1. The Hall–Kier alpha value is -1.31. The molecule has 0 fully saturated rings. The number of aromatic nitrogens is 1. The number of alkyl halides is 3. The normalized spacial score (nSPS) is 12.5. The zero-order valence-corrected chi connectivity index (χ0v) is 14.0. The van der Waals surface area contributed by atoms with Crippen LogP contribution in [0.2, 0.25) is 0 Å². The first-order chi connectivity index (χ1) is 10.3. The van der Waals surface area contributed by atoms with Gasteiger partial charge in [-0.15, -0.1) is 11.3 Å². The van der Waals surface area contributed by atoms with Crippen LogP contribution in [0.1, 0.15) is 36.9 Å². The summed E-state index contributed by atoms with van der Waals surface area (Å²) in [5, 5.41) is 6.16. The lowest BCUT2D eigenvalue weighted by atomic mass is 10.2. The van der Waals surface area contributed by atoms with Crippen molar-refractivity contribution in [3.63, 3.8) is 0 Å². The van der Waals surface area contributed by atoms with Crippen LogP contribution >= 0.6 is 11.3 Å². The minimum atomic E-state index is -4.08. The van der Waals surface area contributed by atoms with Crippen molar-refractivity contribution < 1.29 is 13.2 Å². The van der Waals surface area contributed by atoms with Gasteiger partial charge in [-0.25, -0.2) is 4.98 Å². The van der Waals surface area contributed by atoms with Crippen LogP contribution in [0.15, 0.2) is 10.4 Å². The zero-order valence-electron chi connectivity index (χ0n) is 13.2. The molecule has 0 bridgehead atoms. The third kappa shape index (κ3) is 7.63. The fourth-order valence-electron chi connectivity index (χ4n) is 1.89. The molecule has 0 atom stereocenters. The SMILES string of the molecule is CCNC(=NCCCCC(F)(F)F)N(C)Cc1csc(C)n1. The highest BCUT2D eigenvalue weighted by Gasteiger charge is 2.25. The molecule has 0 aliphatic rings. The quantitative estimate of drug-likeness (QED) is 0.470. The molecular weight excluding hydrogens is 313 g/mol. The monoisotopic (exact) mass is 336 g/mol. The lowest BCUT2D eigenvalue weighted by Gasteiger charge is -2.21. The van der Waals surface area contributed by atoms with Crippen LogP contribution in [0.4, 0.5) is 13.2 Å². The predicted octanol–water partition coefficient (Wildman–Crippen LogP) is 3.58. The van der Waals surface area contributed by atoms with Crippen LogP contribution in [0.25, 0.3) is 0 Å². The summed E-state index contributed by atoms with van der Waals surface area (Å²) in [7, 11) is 1.89. The largest absolute Gasteiger partial charge is 0.389 e. The van der Waals surface area contributed by atoms with E-state index in [4.69, 9.17) is 0 Å². The van der Waals surface area contributed by atoms with Gasteiger partial charge in [-0.2, -0.15) is 13.2 Å². The van der Waals surface area contributed by atoms with Crippen LogP contribution < -0.4 is 5.32 Å². The second kappa shape index (κ2) is 8.97. The van der Waals surface area contributed by atoms with Gasteiger partial charge in [0.05, 0.1) is 17.2 Å². The van der Waals surface area contributed by atoms with Gasteiger partial charge < -0.3 is 10.2 Å². The summed E-state index contributed by atoms with van der Waals surface area (Å²) in [5.41, 5.74) is 0.965. The molecule has 4 nitrogen and oxygen atoms in total. The number of thiazole rings is 1. The van der Waals surface area contributed by atoms with Crippen molar-refractivity contribution in [1.29, 1.82) is 0 Å². The summed E-state index contributed by atoms with van der Waals surface area (Å²) in [6, 6.07) is 0. The molecule has 0 aliphatic carbocycles. The summed E-state index contributed by atoms with van der Waals surface area (Å²) < 4.78 is 36.2. The molecule has 0 radical (unpaired) electrons. The van der Waals surface area contributed by atoms with E-state index in [0.717, 1.165) is 10.7 Å². The molecule has 0 amide bonds. The minimum absolute atomic E-state index is 0.113. The molecule has 0 aromatic carbocycles. The molecule has 22 heavy (non-hydrogen) atoms. The smallest absolute Gasteiger partial charge is 0.357 e. The van der Waals surface area contributed by atoms with Crippen LogP contribution in [0.5, 0.6) is 0 Å². The van der Waals surface area contributed by atoms with Gasteiger partial charge in [-0.05, 0) is 26.7 Å². The molecular formula is C14H23F3N4S. The molecule has 0 saturated heterocycles. The van der Waals surface area contributed by atoms with E-state index < -0.39 is 12.6 Å². The van der Waals surface area contributed by atoms with E-state index in [2.05, 4.69) is 15.3 Å². The summed E-state index contributed by atoms with van der Waals surface area (Å²) in [6.07, 6.45) is -4.28. The molecule has 1 N–H and O–H groups in total. The van der Waals surface area contributed by atoms with Crippen LogP contribution in [0.3, 0.4) is 0 Å². The number of aliphatic imine (C=N–C) groups is 1. The maximum absolute atomic E-state index is 12.1. The lowest BCUT2D eigenvalue weighted by Crippen LogP contribution is -2.38. The third-order valence-electron chi connectivity index (χ3n) is 2.89. The molecule has 1 rings (SSSR count). The fourth-order valence-corrected chi connectivity index (χ4v) is 2.49. The second-order valence-electron chi connectivity index (χ2n) is 5.02. The van der Waals surface area contributed by atoms with Gasteiger partial charge in [-0.1, -0.05) is 0 Å². The van der Waals surface area contributed by atoms with Gasteiger partial charge in [0.2, 0.25) is 0 Å². The number of hydrogen-bond acceptors (Lipinski definition) is 3. The lowest BCUT2D eigenvalue weighted by molar-refractivity contribution is -0.135. The average molecular weight is 336 g/mol. The average Bonchev–Trinajstić information content (AvgIpc) is 2.81. The van der Waals surface area contributed by atoms with Gasteiger partial charge in [0.25, 0.3) is 0 Å². The van der Waals surface area contributed by atoms with Crippen LogP contribution in [-0.2, 0) is 6.54 Å². The highest BCUT2D eigenvalue weighted by Crippen LogP contribution is 2.22. The first-order valence-electron chi connectivity index (χ1n) is 7.29. The summed E-state index contributed by atoms with van der Waals surface area (Å²) >= 11 is 1.59. The Kier molecular flexibility index (Phi) is 7.64. The van der Waals surface area contributed by atoms with Crippen molar-refractivity contribution in [2.45, 2.75) is 45.8 Å². The Bertz CT molecular complexity index is 471. The first kappa shape index (κ1) is 18.7. The third-order valence-corrected chi connectivity index (χ3v) is 3.71. The van der Waals surface area contributed by atoms with Crippen molar-refractivity contribution >= 4 is 17.3 Å². The van der Waals surface area contributed by atoms with Crippen LogP contribution in [-0.4, -0.2) is 42.2 Å². The van der Waals surface area contributed by atoms with Gasteiger partial charge in [0.1, 0.15) is 0 Å². The molecule has 1 aromatic rings. The number of unbranched alkanes of at least 4 members (excludes halogenated alkanes) is 1. The van der Waals surface area contributed by atoms with Crippen LogP contribution in [0, 0.1) is 6.92 Å². The van der Waals surface area contributed by atoms with Gasteiger partial charge in [0, 0.05) is 31.9 Å². The van der Waals surface area contributed by atoms with E-state index in [1.54, 1.807) is 11.3 Å². The number of rotatable bonds is 7. The molecule has 1 aromatic heterocycles. The second-order valence-corrected chi connectivity index (χ2v) is 6.08. The Morgan fingerprint density at radius 3 is 2.68 bits per heavy atom. The van der Waals surface area contributed by atoms with E-state index >= 15 is 0 Å². The van der Waals surface area contributed by atoms with E-state index in [-0.39, 0.29) is 6.42 Å². The Morgan fingerprint density at radius 1 is 1.41 bits per heavy atom. The molecule has 0 saturated carbocycles. The van der Waals surface area contributed by atoms with Crippen molar-refractivity contribution in [1.82, 2.24) is 15.2 Å². The molecule has 0 unspecified atom stereocenters. The molecule has 0 aliphatic heterocycles. The van der Waals surface area contributed by atoms with Crippen molar-refractivity contribution in [3.05, 3.63) is 16.1 Å². The predicted molar refractivity (Wildman–Crippen MR) is 84.2 cm³/mol. The molecule has 0 spiro atoms. The number of hydrogen-bond donors (Lipinski definition) is 1. The fraction of sp³-hybridized carbons (Fsp3) is 0.714. The standard InChI is InChI=1S/C14H23F3N4S/c1-4-18-13(19-8-6-5-7-14(15,16)17)21(3)9-12-10-22-11(2)20-12/h10H,4-9H2,1-3H3,(H,18,19). The number of aryl methyl sites for hydroxylation is 1. The molecule has 126 valence electrons. The van der Waals surface area contributed by atoms with Gasteiger partial charge in [0.15, 0.2) is 5.96 Å². The van der Waals surface area contributed by atoms with Crippen molar-refractivity contribution in [2.24, 2.45) is 4.99 Å². The topological polar surface area (TPSA) is 40.5 Å². The van der Waals surface area contributed by atoms with E-state index in [9.17, 15) is 13.2 Å². The molecule has 1 heterocycles. The zero-order chi connectivity index (χ0) is 16.6. The van der Waals surface area contributed by atoms with Crippen molar-refractivity contribution in [2.75, 3.05) is 20.1 Å². The number of halogens is 3. The number of nitrogens with zero attached hydrogens (tertiary/aromatic N) is 3. The van der Waals surface area contributed by atoms with Crippen molar-refractivity contribution in [3.8, 4) is 0 Å². The highest BCUT2D eigenvalue weighted by molar-refractivity contribution is 7.09. The number of nitrogens with one attached hydrogen (secondary N) is 1. The Balaban J connectivity index is 2.46. The van der Waals surface area contributed by atoms with E-state index in [1.165, 1.54) is 0 Å². The summed E-state index contributed by atoms with van der Waals surface area (Å²) in [5.74, 6) is 0.695. The highest BCUT2D eigenvalue weighted by atomic mass is 32.1. The Morgan fingerprint density at radius 2 is 2.14 bits per heavy atom. The van der Waals surface area contributed by atoms with E-state index in [1.807, 2.05) is 31.2 Å². The van der Waals surface area contributed by atoms with Gasteiger partial charge >= 0.3 is 6.18 Å². The van der Waals surface area contributed by atoms with E-state index in [0.29, 0.717) is 32.0 Å².